The van der Waals surface area contributed by atoms with E-state index in [0.717, 1.165) is 24.0 Å². The lowest BCUT2D eigenvalue weighted by molar-refractivity contribution is -0.199. The molecule has 3 saturated carbocycles. The molecular weight excluding hydrogens is 279 g/mol. The number of alkyl halides is 1. The Morgan fingerprint density at radius 3 is 2.71 bits per heavy atom. The van der Waals surface area contributed by atoms with Crippen molar-refractivity contribution in [2.24, 2.45) is 17.3 Å². The van der Waals surface area contributed by atoms with Gasteiger partial charge in [-0.25, -0.2) is 0 Å². The van der Waals surface area contributed by atoms with Gasteiger partial charge in [0.1, 0.15) is 0 Å². The van der Waals surface area contributed by atoms with Crippen LogP contribution in [-0.4, -0.2) is 24.2 Å². The SMILES string of the molecule is CC1(C)[C@@H]2C[C@H]3OB(CCCBr)O[C@@]3(C)[C@H]1C2. The fourth-order valence-corrected chi connectivity index (χ4v) is 4.64. The molecule has 0 radical (unpaired) electrons. The molecule has 96 valence electrons. The van der Waals surface area contributed by atoms with Crippen LogP contribution in [0.2, 0.25) is 6.32 Å². The van der Waals surface area contributed by atoms with Crippen LogP contribution >= 0.6 is 15.9 Å². The second-order valence-electron chi connectivity index (χ2n) is 6.73. The second kappa shape index (κ2) is 3.98. The molecule has 4 atom stereocenters. The third kappa shape index (κ3) is 1.67. The van der Waals surface area contributed by atoms with Crippen molar-refractivity contribution in [3.8, 4) is 0 Å². The van der Waals surface area contributed by atoms with E-state index in [1.54, 1.807) is 0 Å². The highest BCUT2D eigenvalue weighted by molar-refractivity contribution is 9.09. The summed E-state index contributed by atoms with van der Waals surface area (Å²) in [5.74, 6) is 1.54. The molecule has 4 fully saturated rings. The normalized spacial score (nSPS) is 46.6. The van der Waals surface area contributed by atoms with Crippen molar-refractivity contribution in [2.75, 3.05) is 5.33 Å². The zero-order valence-electron chi connectivity index (χ0n) is 11.0. The molecule has 1 heterocycles. The largest absolute Gasteiger partial charge is 0.457 e. The maximum absolute atomic E-state index is 6.30. The molecule has 0 N–H and O–H groups in total. The van der Waals surface area contributed by atoms with E-state index >= 15 is 0 Å². The topological polar surface area (TPSA) is 18.5 Å². The van der Waals surface area contributed by atoms with Crippen LogP contribution in [0.5, 0.6) is 0 Å². The Labute approximate surface area is 113 Å². The van der Waals surface area contributed by atoms with Gasteiger partial charge in [-0.2, -0.15) is 0 Å². The van der Waals surface area contributed by atoms with Crippen molar-refractivity contribution in [1.82, 2.24) is 0 Å². The van der Waals surface area contributed by atoms with Crippen molar-refractivity contribution < 1.29 is 9.31 Å². The monoisotopic (exact) mass is 300 g/mol. The molecule has 2 nitrogen and oxygen atoms in total. The van der Waals surface area contributed by atoms with E-state index < -0.39 is 0 Å². The highest BCUT2D eigenvalue weighted by Gasteiger charge is 2.67. The number of hydrogen-bond acceptors (Lipinski definition) is 2. The first kappa shape index (κ1) is 12.5. The van der Waals surface area contributed by atoms with Crippen LogP contribution in [0, 0.1) is 17.3 Å². The summed E-state index contributed by atoms with van der Waals surface area (Å²) in [7, 11) is 0.0395. The van der Waals surface area contributed by atoms with Gasteiger partial charge >= 0.3 is 7.12 Å². The lowest BCUT2D eigenvalue weighted by Gasteiger charge is -2.64. The van der Waals surface area contributed by atoms with Crippen LogP contribution in [0.25, 0.3) is 0 Å². The van der Waals surface area contributed by atoms with E-state index in [1.165, 1.54) is 12.8 Å². The fourth-order valence-electron chi connectivity index (χ4n) is 4.32. The molecule has 17 heavy (non-hydrogen) atoms. The van der Waals surface area contributed by atoms with Gasteiger partial charge in [-0.15, -0.1) is 0 Å². The summed E-state index contributed by atoms with van der Waals surface area (Å²) in [5.41, 5.74) is 0.439. The van der Waals surface area contributed by atoms with Gasteiger partial charge in [-0.3, -0.25) is 0 Å². The average molecular weight is 301 g/mol. The lowest BCUT2D eigenvalue weighted by atomic mass is 9.43. The van der Waals surface area contributed by atoms with E-state index in [1.807, 2.05) is 0 Å². The van der Waals surface area contributed by atoms with Gasteiger partial charge in [0.15, 0.2) is 0 Å². The maximum atomic E-state index is 6.30. The van der Waals surface area contributed by atoms with Crippen LogP contribution in [-0.2, 0) is 9.31 Å². The Balaban J connectivity index is 1.73. The van der Waals surface area contributed by atoms with E-state index in [4.69, 9.17) is 9.31 Å². The molecule has 2 bridgehead atoms. The molecule has 1 aliphatic heterocycles. The van der Waals surface area contributed by atoms with Gasteiger partial charge in [0.25, 0.3) is 0 Å². The van der Waals surface area contributed by atoms with Gasteiger partial charge in [-0.1, -0.05) is 29.8 Å². The molecule has 0 aromatic carbocycles. The quantitative estimate of drug-likeness (QED) is 0.587. The summed E-state index contributed by atoms with van der Waals surface area (Å²) in [4.78, 5) is 0. The van der Waals surface area contributed by atoms with E-state index in [0.29, 0.717) is 17.4 Å². The average Bonchev–Trinajstić information content (AvgIpc) is 2.61. The minimum atomic E-state index is -0.0186. The van der Waals surface area contributed by atoms with E-state index in [-0.39, 0.29) is 12.7 Å². The Kier molecular flexibility index (Phi) is 2.92. The van der Waals surface area contributed by atoms with Crippen molar-refractivity contribution in [3.63, 3.8) is 0 Å². The smallest absolute Gasteiger partial charge is 0.405 e. The van der Waals surface area contributed by atoms with E-state index in [9.17, 15) is 0 Å². The first-order valence-electron chi connectivity index (χ1n) is 6.87. The van der Waals surface area contributed by atoms with Crippen LogP contribution < -0.4 is 0 Å². The highest BCUT2D eigenvalue weighted by atomic mass is 79.9. The summed E-state index contributed by atoms with van der Waals surface area (Å²) in [6, 6.07) is 0. The Morgan fingerprint density at radius 1 is 1.29 bits per heavy atom. The molecule has 4 aliphatic rings. The Morgan fingerprint density at radius 2 is 2.06 bits per heavy atom. The van der Waals surface area contributed by atoms with Gasteiger partial charge in [-0.05, 0) is 49.8 Å². The standard InChI is InChI=1S/C13H22BBrO2/c1-12(2)9-7-10(12)13(3)11(8-9)16-14(17-13)5-4-6-15/h9-11H,4-8H2,1-3H3/t9-,10-,11+,13-/m0/s1. The lowest BCUT2D eigenvalue weighted by Crippen LogP contribution is -2.65. The first-order chi connectivity index (χ1) is 7.98. The second-order valence-corrected chi connectivity index (χ2v) is 7.52. The molecule has 0 aromatic rings. The minimum absolute atomic E-state index is 0.0186. The molecule has 1 saturated heterocycles. The van der Waals surface area contributed by atoms with Crippen molar-refractivity contribution in [3.05, 3.63) is 0 Å². The first-order valence-corrected chi connectivity index (χ1v) is 8.00. The molecule has 0 aromatic heterocycles. The molecule has 4 rings (SSSR count). The molecule has 3 aliphatic carbocycles. The fraction of sp³-hybridized carbons (Fsp3) is 1.00. The number of hydrogen-bond donors (Lipinski definition) is 0. The molecular formula is C13H22BBrO2. The Bertz CT molecular complexity index is 323. The van der Waals surface area contributed by atoms with Crippen LogP contribution in [0.3, 0.4) is 0 Å². The zero-order chi connectivity index (χ0) is 12.3. The minimum Gasteiger partial charge on any atom is -0.405 e. The van der Waals surface area contributed by atoms with Crippen molar-refractivity contribution in [1.29, 1.82) is 0 Å². The maximum Gasteiger partial charge on any atom is 0.457 e. The molecule has 0 unspecified atom stereocenters. The summed E-state index contributed by atoms with van der Waals surface area (Å²) >= 11 is 3.47. The molecule has 4 heteroatoms. The van der Waals surface area contributed by atoms with Crippen LogP contribution in [0.15, 0.2) is 0 Å². The molecule has 0 amide bonds. The van der Waals surface area contributed by atoms with Gasteiger partial charge in [0.05, 0.1) is 11.7 Å². The summed E-state index contributed by atoms with van der Waals surface area (Å²) in [6.45, 7) is 7.10. The van der Waals surface area contributed by atoms with Crippen molar-refractivity contribution in [2.45, 2.75) is 58.1 Å². The van der Waals surface area contributed by atoms with Crippen LogP contribution in [0.4, 0.5) is 0 Å². The number of rotatable bonds is 3. The van der Waals surface area contributed by atoms with E-state index in [2.05, 4.69) is 36.7 Å². The third-order valence-electron chi connectivity index (χ3n) is 5.58. The van der Waals surface area contributed by atoms with Gasteiger partial charge < -0.3 is 9.31 Å². The summed E-state index contributed by atoms with van der Waals surface area (Å²) < 4.78 is 12.4. The molecule has 0 spiro atoms. The Hall–Kier alpha value is 0.465. The van der Waals surface area contributed by atoms with Gasteiger partial charge in [0, 0.05) is 5.33 Å². The van der Waals surface area contributed by atoms with Gasteiger partial charge in [0.2, 0.25) is 0 Å². The predicted molar refractivity (Wildman–Crippen MR) is 73.3 cm³/mol. The summed E-state index contributed by atoms with van der Waals surface area (Å²) in [5, 5.41) is 1.04. The number of halogens is 1. The zero-order valence-corrected chi connectivity index (χ0v) is 12.6. The highest BCUT2D eigenvalue weighted by Crippen LogP contribution is 2.65. The third-order valence-corrected chi connectivity index (χ3v) is 6.14. The summed E-state index contributed by atoms with van der Waals surface area (Å²) in [6.07, 6.45) is 5.04. The van der Waals surface area contributed by atoms with Crippen LogP contribution in [0.1, 0.15) is 40.0 Å². The van der Waals surface area contributed by atoms with Crippen molar-refractivity contribution >= 4 is 23.0 Å². The predicted octanol–water partition coefficient (Wildman–Crippen LogP) is 3.50.